The number of nitrogens with two attached hydrogens (primary N) is 1. The van der Waals surface area contributed by atoms with Gasteiger partial charge in [-0.25, -0.2) is 4.68 Å². The molecule has 0 spiro atoms. The van der Waals surface area contributed by atoms with Gasteiger partial charge in [-0.1, -0.05) is 22.0 Å². The van der Waals surface area contributed by atoms with Crippen LogP contribution in [0.3, 0.4) is 0 Å². The third-order valence-electron chi connectivity index (χ3n) is 2.21. The number of nitrogen functional groups attached to an aromatic ring is 1. The van der Waals surface area contributed by atoms with Crippen LogP contribution in [0.2, 0.25) is 0 Å². The summed E-state index contributed by atoms with van der Waals surface area (Å²) < 4.78 is 2.58. The Morgan fingerprint density at radius 3 is 3.00 bits per heavy atom. The van der Waals surface area contributed by atoms with Crippen molar-refractivity contribution in [1.29, 1.82) is 5.26 Å². The molecular formula is C11H9BrN4. The van der Waals surface area contributed by atoms with E-state index in [4.69, 9.17) is 11.0 Å². The second kappa shape index (κ2) is 4.37. The molecule has 1 heterocycles. The van der Waals surface area contributed by atoms with Crippen molar-refractivity contribution in [3.63, 3.8) is 0 Å². The van der Waals surface area contributed by atoms with Crippen molar-refractivity contribution in [2.45, 2.75) is 6.42 Å². The molecule has 2 aromatic rings. The highest BCUT2D eigenvalue weighted by molar-refractivity contribution is 9.10. The maximum absolute atomic E-state index is 8.62. The first-order valence-electron chi connectivity index (χ1n) is 4.67. The zero-order chi connectivity index (χ0) is 11.5. The Kier molecular flexibility index (Phi) is 2.93. The summed E-state index contributed by atoms with van der Waals surface area (Å²) in [4.78, 5) is 0. The van der Waals surface area contributed by atoms with E-state index in [1.807, 2.05) is 24.3 Å². The molecule has 0 saturated carbocycles. The van der Waals surface area contributed by atoms with Crippen molar-refractivity contribution in [2.24, 2.45) is 0 Å². The molecule has 0 bridgehead atoms. The minimum Gasteiger partial charge on any atom is -0.383 e. The fraction of sp³-hybridized carbons (Fsp3) is 0.0909. The molecule has 0 aliphatic carbocycles. The molecule has 2 N–H and O–H groups in total. The number of aromatic nitrogens is 2. The molecule has 1 aromatic carbocycles. The number of nitriles is 1. The monoisotopic (exact) mass is 276 g/mol. The van der Waals surface area contributed by atoms with E-state index >= 15 is 0 Å². The first-order chi connectivity index (χ1) is 7.72. The summed E-state index contributed by atoms with van der Waals surface area (Å²) in [6, 6.07) is 9.72. The zero-order valence-electron chi connectivity index (χ0n) is 8.39. The van der Waals surface area contributed by atoms with E-state index in [-0.39, 0.29) is 6.42 Å². The maximum Gasteiger partial charge on any atom is 0.131 e. The molecular weight excluding hydrogens is 268 g/mol. The number of hydrogen-bond acceptors (Lipinski definition) is 3. The lowest BCUT2D eigenvalue weighted by Gasteiger charge is -2.04. The van der Waals surface area contributed by atoms with Gasteiger partial charge in [0.2, 0.25) is 0 Å². The van der Waals surface area contributed by atoms with Crippen LogP contribution in [0.15, 0.2) is 34.9 Å². The van der Waals surface area contributed by atoms with Gasteiger partial charge in [0.15, 0.2) is 0 Å². The molecule has 5 heteroatoms. The average molecular weight is 277 g/mol. The Morgan fingerprint density at radius 1 is 1.50 bits per heavy atom. The van der Waals surface area contributed by atoms with Crippen molar-refractivity contribution < 1.29 is 0 Å². The Balaban J connectivity index is 2.46. The minimum absolute atomic E-state index is 0.278. The van der Waals surface area contributed by atoms with Crippen LogP contribution in [-0.2, 0) is 6.42 Å². The number of halogens is 1. The van der Waals surface area contributed by atoms with Gasteiger partial charge in [-0.05, 0) is 18.2 Å². The molecule has 0 aliphatic rings. The minimum atomic E-state index is 0.278. The number of rotatable bonds is 2. The Hall–Kier alpha value is -1.80. The Bertz CT molecular complexity index is 553. The normalized spacial score (nSPS) is 10.0. The van der Waals surface area contributed by atoms with Gasteiger partial charge in [-0.3, -0.25) is 0 Å². The predicted molar refractivity (Wildman–Crippen MR) is 65.0 cm³/mol. The molecule has 0 saturated heterocycles. The first kappa shape index (κ1) is 10.7. The first-order valence-corrected chi connectivity index (χ1v) is 5.47. The lowest BCUT2D eigenvalue weighted by atomic mass is 10.2. The van der Waals surface area contributed by atoms with Crippen molar-refractivity contribution in [3.8, 4) is 11.8 Å². The Morgan fingerprint density at radius 2 is 2.31 bits per heavy atom. The largest absolute Gasteiger partial charge is 0.383 e. The highest BCUT2D eigenvalue weighted by atomic mass is 79.9. The highest BCUT2D eigenvalue weighted by Gasteiger charge is 2.08. The molecule has 16 heavy (non-hydrogen) atoms. The predicted octanol–water partition coefficient (Wildman–Crippen LogP) is 2.28. The smallest absolute Gasteiger partial charge is 0.131 e. The maximum atomic E-state index is 8.62. The molecule has 0 aliphatic heterocycles. The summed E-state index contributed by atoms with van der Waals surface area (Å²) in [7, 11) is 0. The summed E-state index contributed by atoms with van der Waals surface area (Å²) >= 11 is 3.39. The van der Waals surface area contributed by atoms with Crippen LogP contribution < -0.4 is 5.73 Å². The molecule has 0 radical (unpaired) electrons. The number of hydrogen-bond donors (Lipinski definition) is 1. The van der Waals surface area contributed by atoms with Gasteiger partial charge in [-0.15, -0.1) is 0 Å². The molecule has 0 fully saturated rings. The third kappa shape index (κ3) is 1.92. The summed E-state index contributed by atoms with van der Waals surface area (Å²) in [5.41, 5.74) is 7.53. The second-order valence-corrected chi connectivity index (χ2v) is 4.20. The van der Waals surface area contributed by atoms with Crippen molar-refractivity contribution >= 4 is 21.7 Å². The molecule has 4 nitrogen and oxygen atoms in total. The molecule has 0 unspecified atom stereocenters. The number of nitrogens with zero attached hydrogens (tertiary/aromatic N) is 3. The van der Waals surface area contributed by atoms with Crippen molar-refractivity contribution in [3.05, 3.63) is 40.5 Å². The molecule has 0 atom stereocenters. The number of benzene rings is 1. The molecule has 0 amide bonds. The molecule has 2 rings (SSSR count). The van der Waals surface area contributed by atoms with Gasteiger partial charge in [0, 0.05) is 10.0 Å². The SMILES string of the molecule is N#CCc1cnn(-c2cccc(Br)c2)c1N. The summed E-state index contributed by atoms with van der Waals surface area (Å²) in [5.74, 6) is 0.514. The van der Waals surface area contributed by atoms with Gasteiger partial charge in [0.25, 0.3) is 0 Å². The summed E-state index contributed by atoms with van der Waals surface area (Å²) in [6.45, 7) is 0. The standard InChI is InChI=1S/C11H9BrN4/c12-9-2-1-3-10(6-9)16-11(14)8(4-5-13)7-15-16/h1-3,6-7H,4,14H2. The van der Waals surface area contributed by atoms with Crippen molar-refractivity contribution in [1.82, 2.24) is 9.78 Å². The van der Waals surface area contributed by atoms with E-state index < -0.39 is 0 Å². The number of anilines is 1. The van der Waals surface area contributed by atoms with Gasteiger partial charge in [-0.2, -0.15) is 10.4 Å². The highest BCUT2D eigenvalue weighted by Crippen LogP contribution is 2.20. The fourth-order valence-corrected chi connectivity index (χ4v) is 1.81. The van der Waals surface area contributed by atoms with Crippen LogP contribution in [0.1, 0.15) is 5.56 Å². The average Bonchev–Trinajstić information content (AvgIpc) is 2.61. The van der Waals surface area contributed by atoms with Crippen LogP contribution in [0.25, 0.3) is 5.69 Å². The van der Waals surface area contributed by atoms with E-state index in [0.717, 1.165) is 15.7 Å². The molecule has 80 valence electrons. The van der Waals surface area contributed by atoms with Gasteiger partial charge < -0.3 is 5.73 Å². The van der Waals surface area contributed by atoms with Gasteiger partial charge >= 0.3 is 0 Å². The van der Waals surface area contributed by atoms with Crippen LogP contribution in [0.4, 0.5) is 5.82 Å². The van der Waals surface area contributed by atoms with Crippen LogP contribution in [0, 0.1) is 11.3 Å². The van der Waals surface area contributed by atoms with Crippen molar-refractivity contribution in [2.75, 3.05) is 5.73 Å². The van der Waals surface area contributed by atoms with E-state index in [0.29, 0.717) is 5.82 Å². The lowest BCUT2D eigenvalue weighted by Crippen LogP contribution is -2.02. The molecule has 1 aromatic heterocycles. The van der Waals surface area contributed by atoms with Crippen LogP contribution >= 0.6 is 15.9 Å². The van der Waals surface area contributed by atoms with E-state index in [1.54, 1.807) is 10.9 Å². The Labute approximate surface area is 101 Å². The topological polar surface area (TPSA) is 67.6 Å². The quantitative estimate of drug-likeness (QED) is 0.915. The lowest BCUT2D eigenvalue weighted by molar-refractivity contribution is 0.890. The van der Waals surface area contributed by atoms with E-state index in [1.165, 1.54) is 0 Å². The van der Waals surface area contributed by atoms with E-state index in [2.05, 4.69) is 27.1 Å². The van der Waals surface area contributed by atoms with Crippen LogP contribution in [0.5, 0.6) is 0 Å². The van der Waals surface area contributed by atoms with Crippen LogP contribution in [-0.4, -0.2) is 9.78 Å². The second-order valence-electron chi connectivity index (χ2n) is 3.28. The van der Waals surface area contributed by atoms with Gasteiger partial charge in [0.05, 0.1) is 24.4 Å². The fourth-order valence-electron chi connectivity index (χ4n) is 1.43. The summed E-state index contributed by atoms with van der Waals surface area (Å²) in [5, 5.41) is 12.8. The van der Waals surface area contributed by atoms with E-state index in [9.17, 15) is 0 Å². The van der Waals surface area contributed by atoms with Gasteiger partial charge in [0.1, 0.15) is 5.82 Å². The summed E-state index contributed by atoms with van der Waals surface area (Å²) in [6.07, 6.45) is 1.90. The third-order valence-corrected chi connectivity index (χ3v) is 2.70. The zero-order valence-corrected chi connectivity index (χ0v) is 9.98.